The standard InChI is InChI=1S/C105H76N2/c1-3-71-41-45-73(46-42-71)69-103(79-29-13-7-14-30-79)95-37-21-17-33-87(95)91-61-57-83(65-99(91)103)106(81-53-49-77(50-54-81)75-25-9-5-10-26-75)85-59-63-93-89-35-19-23-39-97(89)105(101(93)67-85)98-40-24-20-36-90(98)94-64-60-86(68-102(94)105)107(82-55-51-78(52-56-82)76-27-11-6-12-28-76)84-58-62-92-88-34-18-22-38-96(88)104(100(92)66-84,80-31-15-8-16-32-80)70-74-47-43-72(4-2)44-48-74/h3-15,17-31,33-68H,1-2,16,32,69-70H2. The largest absolute Gasteiger partial charge is 0.310 e. The maximum absolute atomic E-state index is 4.13. The van der Waals surface area contributed by atoms with E-state index in [2.05, 4.69) is 399 Å². The first kappa shape index (κ1) is 63.5. The summed E-state index contributed by atoms with van der Waals surface area (Å²) in [5.74, 6) is 0. The van der Waals surface area contributed by atoms with E-state index in [-0.39, 0.29) is 0 Å². The molecule has 15 aromatic rings. The van der Waals surface area contributed by atoms with Crippen LogP contribution in [-0.4, -0.2) is 0 Å². The second-order valence-corrected chi connectivity index (χ2v) is 29.4. The van der Waals surface area contributed by atoms with Gasteiger partial charge in [-0.25, -0.2) is 0 Å². The van der Waals surface area contributed by atoms with Crippen LogP contribution in [0.1, 0.15) is 85.2 Å². The maximum Gasteiger partial charge on any atom is 0.0727 e. The Bertz CT molecular complexity index is 6070. The molecule has 1 spiro atoms. The van der Waals surface area contributed by atoms with Crippen LogP contribution in [0.2, 0.25) is 0 Å². The lowest BCUT2D eigenvalue weighted by atomic mass is 9.66. The lowest BCUT2D eigenvalue weighted by molar-refractivity contribution is 0.584. The second-order valence-electron chi connectivity index (χ2n) is 29.4. The van der Waals surface area contributed by atoms with Gasteiger partial charge in [-0.2, -0.15) is 0 Å². The van der Waals surface area contributed by atoms with Gasteiger partial charge in [0.25, 0.3) is 0 Å². The van der Waals surface area contributed by atoms with Gasteiger partial charge < -0.3 is 9.80 Å². The van der Waals surface area contributed by atoms with Gasteiger partial charge in [0.2, 0.25) is 0 Å². The predicted octanol–water partition coefficient (Wildman–Crippen LogP) is 26.9. The molecule has 0 saturated heterocycles. The molecule has 0 bridgehead atoms. The number of anilines is 6. The molecule has 2 nitrogen and oxygen atoms in total. The first-order valence-electron chi connectivity index (χ1n) is 37.6. The molecule has 0 fully saturated rings. The number of hydrogen-bond acceptors (Lipinski definition) is 2. The Balaban J connectivity index is 0.798. The van der Waals surface area contributed by atoms with Gasteiger partial charge in [0.15, 0.2) is 0 Å². The number of allylic oxidation sites excluding steroid dienone is 4. The molecular weight excluding hydrogens is 1290 g/mol. The summed E-state index contributed by atoms with van der Waals surface area (Å²) in [6.45, 7) is 8.25. The van der Waals surface area contributed by atoms with E-state index in [1.54, 1.807) is 0 Å². The highest BCUT2D eigenvalue weighted by atomic mass is 15.1. The summed E-state index contributed by atoms with van der Waals surface area (Å²) in [6.07, 6.45) is 14.5. The van der Waals surface area contributed by atoms with E-state index >= 15 is 0 Å². The monoisotopic (exact) mass is 1360 g/mol. The van der Waals surface area contributed by atoms with Crippen molar-refractivity contribution in [3.63, 3.8) is 0 Å². The third-order valence-electron chi connectivity index (χ3n) is 24.0. The normalized spacial score (nSPS) is 17.0. The van der Waals surface area contributed by atoms with Crippen LogP contribution in [0.15, 0.2) is 395 Å². The van der Waals surface area contributed by atoms with E-state index in [1.165, 1.54) is 134 Å². The van der Waals surface area contributed by atoms with E-state index < -0.39 is 16.2 Å². The van der Waals surface area contributed by atoms with Crippen LogP contribution >= 0.6 is 0 Å². The molecule has 0 radical (unpaired) electrons. The van der Waals surface area contributed by atoms with Crippen LogP contribution in [0.4, 0.5) is 34.1 Å². The van der Waals surface area contributed by atoms with Gasteiger partial charge in [0, 0.05) is 39.5 Å². The molecule has 5 aliphatic rings. The summed E-state index contributed by atoms with van der Waals surface area (Å²) in [5.41, 5.74) is 37.5. The van der Waals surface area contributed by atoms with E-state index in [4.69, 9.17) is 0 Å². The Kier molecular flexibility index (Phi) is 15.2. The predicted molar refractivity (Wildman–Crippen MR) is 448 cm³/mol. The van der Waals surface area contributed by atoms with E-state index in [0.29, 0.717) is 0 Å². The van der Waals surface area contributed by atoms with Crippen LogP contribution in [0.25, 0.3) is 78.9 Å². The molecule has 15 aromatic carbocycles. The van der Waals surface area contributed by atoms with Crippen molar-refractivity contribution >= 4 is 46.3 Å². The van der Waals surface area contributed by atoms with Crippen molar-refractivity contribution in [1.29, 1.82) is 0 Å². The number of rotatable bonds is 16. The van der Waals surface area contributed by atoms with Gasteiger partial charge in [-0.3, -0.25) is 0 Å². The van der Waals surface area contributed by atoms with Crippen molar-refractivity contribution in [2.45, 2.75) is 41.9 Å². The van der Waals surface area contributed by atoms with Gasteiger partial charge in [0.1, 0.15) is 0 Å². The van der Waals surface area contributed by atoms with Crippen molar-refractivity contribution in [3.8, 4) is 66.8 Å². The van der Waals surface area contributed by atoms with Gasteiger partial charge in [-0.15, -0.1) is 0 Å². The van der Waals surface area contributed by atoms with Crippen LogP contribution in [-0.2, 0) is 29.1 Å². The van der Waals surface area contributed by atoms with Crippen LogP contribution in [0.5, 0.6) is 0 Å². The molecule has 0 saturated carbocycles. The highest BCUT2D eigenvalue weighted by molar-refractivity contribution is 5.99. The number of fused-ring (bicyclic) bond motifs is 16. The quantitative estimate of drug-likeness (QED) is 0.0951. The maximum atomic E-state index is 4.13. The van der Waals surface area contributed by atoms with Crippen LogP contribution in [0.3, 0.4) is 0 Å². The average molecular weight is 1370 g/mol. The zero-order valence-corrected chi connectivity index (χ0v) is 59.6. The van der Waals surface area contributed by atoms with E-state index in [1.807, 2.05) is 12.2 Å². The van der Waals surface area contributed by atoms with Crippen molar-refractivity contribution in [1.82, 2.24) is 0 Å². The molecule has 3 unspecified atom stereocenters. The van der Waals surface area contributed by atoms with Crippen molar-refractivity contribution in [3.05, 3.63) is 467 Å². The highest BCUT2D eigenvalue weighted by Crippen LogP contribution is 2.65. The number of nitrogens with zero attached hydrogens (tertiary/aromatic N) is 2. The molecule has 107 heavy (non-hydrogen) atoms. The van der Waals surface area contributed by atoms with E-state index in [0.717, 1.165) is 70.9 Å². The Morgan fingerprint density at radius 3 is 1.03 bits per heavy atom. The molecule has 0 aliphatic heterocycles. The Morgan fingerprint density at radius 1 is 0.280 bits per heavy atom. The third kappa shape index (κ3) is 10.0. The minimum Gasteiger partial charge on any atom is -0.310 e. The van der Waals surface area contributed by atoms with Crippen molar-refractivity contribution < 1.29 is 0 Å². The minimum absolute atomic E-state index is 0.435. The minimum atomic E-state index is -0.727. The molecule has 0 aromatic heterocycles. The number of hydrogen-bond donors (Lipinski definition) is 0. The molecule has 0 heterocycles. The summed E-state index contributed by atoms with van der Waals surface area (Å²) in [4.78, 5) is 5.08. The second kappa shape index (κ2) is 25.6. The number of benzene rings is 15. The molecular formula is C105H76N2. The molecule has 0 N–H and O–H groups in total. The van der Waals surface area contributed by atoms with Crippen LogP contribution in [0, 0.1) is 0 Å². The molecule has 5 aliphatic carbocycles. The summed E-state index contributed by atoms with van der Waals surface area (Å²) < 4.78 is 0. The van der Waals surface area contributed by atoms with Crippen molar-refractivity contribution in [2.75, 3.05) is 9.80 Å². The summed E-state index contributed by atoms with van der Waals surface area (Å²) in [7, 11) is 0. The van der Waals surface area contributed by atoms with Gasteiger partial charge >= 0.3 is 0 Å². The first-order chi connectivity index (χ1) is 52.9. The first-order valence-corrected chi connectivity index (χ1v) is 37.6. The lowest BCUT2D eigenvalue weighted by Gasteiger charge is -2.37. The van der Waals surface area contributed by atoms with Gasteiger partial charge in [0.05, 0.1) is 10.8 Å². The van der Waals surface area contributed by atoms with Gasteiger partial charge in [-0.05, 0) is 238 Å². The fourth-order valence-electron chi connectivity index (χ4n) is 19.2. The van der Waals surface area contributed by atoms with Crippen LogP contribution < -0.4 is 9.80 Å². The molecule has 3 atom stereocenters. The fourth-order valence-corrected chi connectivity index (χ4v) is 19.2. The average Bonchev–Trinajstić information content (AvgIpc) is 1.50. The summed E-state index contributed by atoms with van der Waals surface area (Å²) in [6, 6.07) is 136. The third-order valence-corrected chi connectivity index (χ3v) is 24.0. The zero-order chi connectivity index (χ0) is 71.2. The molecule has 20 rings (SSSR count). The van der Waals surface area contributed by atoms with Gasteiger partial charge in [-0.1, -0.05) is 334 Å². The highest BCUT2D eigenvalue weighted by Gasteiger charge is 2.53. The lowest BCUT2D eigenvalue weighted by Crippen LogP contribution is -2.31. The topological polar surface area (TPSA) is 6.48 Å². The van der Waals surface area contributed by atoms with E-state index in [9.17, 15) is 0 Å². The Labute approximate surface area is 627 Å². The Hall–Kier alpha value is -13.1. The SMILES string of the molecule is C=Cc1ccc(CC2(C3=CC=CCC3)c3ccccc3-c3ccc(N(c4ccc(-c5ccccc5)cc4)c4ccc5c(c4)C4(c6ccccc6-5)c5ccccc5-c5ccc(N(c6ccc(-c7ccccc7)cc6)c6ccc7c(c6)C(Cc6ccc(C=C)cc6)(c6ccccc6)c6ccccc6-7)cc54)cc32)cc1. The molecule has 506 valence electrons. The molecule has 0 amide bonds. The van der Waals surface area contributed by atoms with Crippen molar-refractivity contribution in [2.24, 2.45) is 0 Å². The smallest absolute Gasteiger partial charge is 0.0727 e. The zero-order valence-electron chi connectivity index (χ0n) is 59.6. The summed E-state index contributed by atoms with van der Waals surface area (Å²) in [5, 5.41) is 0. The summed E-state index contributed by atoms with van der Waals surface area (Å²) >= 11 is 0. The molecule has 2 heteroatoms. The Morgan fingerprint density at radius 2 is 0.607 bits per heavy atom. The fraction of sp³-hybridized carbons (Fsp3) is 0.0667.